The molecule has 1 heterocycles. The van der Waals surface area contributed by atoms with Crippen LogP contribution < -0.4 is 5.32 Å². The van der Waals surface area contributed by atoms with E-state index in [-0.39, 0.29) is 16.8 Å². The number of hydrogen-bond acceptors (Lipinski definition) is 5. The van der Waals surface area contributed by atoms with Gasteiger partial charge in [-0.25, -0.2) is 8.42 Å². The van der Waals surface area contributed by atoms with Crippen LogP contribution in [0.5, 0.6) is 0 Å². The fourth-order valence-corrected chi connectivity index (χ4v) is 4.91. The van der Waals surface area contributed by atoms with E-state index in [1.165, 1.54) is 15.9 Å². The number of nitrogens with one attached hydrogen (secondary N) is 1. The van der Waals surface area contributed by atoms with Gasteiger partial charge in [0.25, 0.3) is 0 Å². The van der Waals surface area contributed by atoms with Gasteiger partial charge in [0, 0.05) is 25.7 Å². The lowest BCUT2D eigenvalue weighted by Gasteiger charge is -2.26. The third-order valence-corrected chi connectivity index (χ3v) is 7.38. The first-order valence-corrected chi connectivity index (χ1v) is 12.1. The fourth-order valence-electron chi connectivity index (χ4n) is 3.50. The predicted octanol–water partition coefficient (Wildman–Crippen LogP) is 2.45. The summed E-state index contributed by atoms with van der Waals surface area (Å²) in [4.78, 5) is 14.6. The Kier molecular flexibility index (Phi) is 8.20. The highest BCUT2D eigenvalue weighted by Crippen LogP contribution is 2.19. The molecule has 1 aliphatic heterocycles. The summed E-state index contributed by atoms with van der Waals surface area (Å²) >= 11 is 0. The molecule has 1 N–H and O–H groups in total. The number of sulfonamides is 1. The molecule has 0 saturated carbocycles. The van der Waals surface area contributed by atoms with Crippen LogP contribution in [-0.4, -0.2) is 70.5 Å². The van der Waals surface area contributed by atoms with Gasteiger partial charge in [0.2, 0.25) is 15.9 Å². The van der Waals surface area contributed by atoms with Gasteiger partial charge in [0.1, 0.15) is 0 Å². The van der Waals surface area contributed by atoms with Crippen molar-refractivity contribution in [1.29, 1.82) is 0 Å². The zero-order chi connectivity index (χ0) is 23.1. The Morgan fingerprint density at radius 2 is 1.72 bits per heavy atom. The van der Waals surface area contributed by atoms with Crippen LogP contribution in [0.25, 0.3) is 6.08 Å². The van der Waals surface area contributed by atoms with E-state index in [1.807, 2.05) is 21.0 Å². The second-order valence-electron chi connectivity index (χ2n) is 8.05. The van der Waals surface area contributed by atoms with Gasteiger partial charge in [0.05, 0.1) is 24.2 Å². The SMILES string of the molecule is Cc1ccc(C(CNC(=O)/C=C/c2ccc(S(=O)(=O)N3CCOCC3)cc2)N(C)C)cc1. The number of carbonyl (C=O) groups is 1. The second kappa shape index (κ2) is 10.9. The summed E-state index contributed by atoms with van der Waals surface area (Å²) in [6, 6.07) is 14.9. The third kappa shape index (κ3) is 6.26. The van der Waals surface area contributed by atoms with Crippen LogP contribution in [-0.2, 0) is 19.6 Å². The quantitative estimate of drug-likeness (QED) is 0.616. The van der Waals surface area contributed by atoms with Gasteiger partial charge in [-0.15, -0.1) is 0 Å². The van der Waals surface area contributed by atoms with Crippen molar-refractivity contribution in [3.8, 4) is 0 Å². The Bertz CT molecular complexity index is 1030. The molecule has 3 rings (SSSR count). The summed E-state index contributed by atoms with van der Waals surface area (Å²) in [5.74, 6) is -0.200. The first-order valence-electron chi connectivity index (χ1n) is 10.6. The minimum Gasteiger partial charge on any atom is -0.379 e. The van der Waals surface area contributed by atoms with Crippen LogP contribution in [0.1, 0.15) is 22.7 Å². The number of ether oxygens (including phenoxy) is 1. The van der Waals surface area contributed by atoms with Crippen molar-refractivity contribution in [2.24, 2.45) is 0 Å². The Morgan fingerprint density at radius 3 is 2.31 bits per heavy atom. The highest BCUT2D eigenvalue weighted by atomic mass is 32.2. The van der Waals surface area contributed by atoms with Crippen LogP contribution in [0.4, 0.5) is 0 Å². The Morgan fingerprint density at radius 1 is 1.09 bits per heavy atom. The first-order chi connectivity index (χ1) is 15.3. The van der Waals surface area contributed by atoms with Crippen molar-refractivity contribution in [3.05, 3.63) is 71.3 Å². The largest absolute Gasteiger partial charge is 0.379 e. The number of likely N-dealkylation sites (N-methyl/N-ethyl adjacent to an activating group) is 1. The maximum absolute atomic E-state index is 12.7. The van der Waals surface area contributed by atoms with Gasteiger partial charge in [-0.3, -0.25) is 4.79 Å². The maximum atomic E-state index is 12.7. The molecule has 0 aromatic heterocycles. The molecule has 0 bridgehead atoms. The summed E-state index contributed by atoms with van der Waals surface area (Å²) in [6.07, 6.45) is 3.14. The molecule has 1 atom stereocenters. The van der Waals surface area contributed by atoms with E-state index in [1.54, 1.807) is 30.3 Å². The molecule has 2 aromatic rings. The Balaban J connectivity index is 1.58. The number of carbonyl (C=O) groups excluding carboxylic acids is 1. The van der Waals surface area contributed by atoms with Gasteiger partial charge in [-0.1, -0.05) is 42.0 Å². The van der Waals surface area contributed by atoms with Crippen molar-refractivity contribution in [2.45, 2.75) is 17.9 Å². The van der Waals surface area contributed by atoms with Gasteiger partial charge in [-0.2, -0.15) is 4.31 Å². The van der Waals surface area contributed by atoms with E-state index in [0.29, 0.717) is 32.8 Å². The lowest BCUT2D eigenvalue weighted by atomic mass is 10.0. The molecule has 7 nitrogen and oxygen atoms in total. The van der Waals surface area contributed by atoms with Crippen LogP contribution in [0, 0.1) is 6.92 Å². The molecule has 1 aliphatic rings. The molecule has 8 heteroatoms. The standard InChI is InChI=1S/C24H31N3O4S/c1-19-4-9-21(10-5-19)23(26(2)3)18-25-24(28)13-8-20-6-11-22(12-7-20)32(29,30)27-14-16-31-17-15-27/h4-13,23H,14-18H2,1-3H3,(H,25,28)/b13-8+. The Hall–Kier alpha value is -2.52. The number of morpholine rings is 1. The number of benzene rings is 2. The van der Waals surface area contributed by atoms with E-state index < -0.39 is 10.0 Å². The molecule has 32 heavy (non-hydrogen) atoms. The molecule has 1 amide bonds. The lowest BCUT2D eigenvalue weighted by Crippen LogP contribution is -2.40. The van der Waals surface area contributed by atoms with Crippen LogP contribution in [0.3, 0.4) is 0 Å². The smallest absolute Gasteiger partial charge is 0.244 e. The minimum absolute atomic E-state index is 0.0672. The van der Waals surface area contributed by atoms with Crippen LogP contribution >= 0.6 is 0 Å². The summed E-state index contributed by atoms with van der Waals surface area (Å²) in [7, 11) is 0.450. The fraction of sp³-hybridized carbons (Fsp3) is 0.375. The Labute approximate surface area is 190 Å². The average molecular weight is 458 g/mol. The molecule has 1 unspecified atom stereocenters. The average Bonchev–Trinajstić information content (AvgIpc) is 2.79. The summed E-state index contributed by atoms with van der Waals surface area (Å²) in [5.41, 5.74) is 3.09. The summed E-state index contributed by atoms with van der Waals surface area (Å²) < 4.78 is 32.0. The normalized spacial score (nSPS) is 16.4. The molecule has 0 radical (unpaired) electrons. The summed E-state index contributed by atoms with van der Waals surface area (Å²) in [5, 5.41) is 2.94. The molecule has 0 aliphatic carbocycles. The highest BCUT2D eigenvalue weighted by molar-refractivity contribution is 7.89. The van der Waals surface area contributed by atoms with E-state index in [9.17, 15) is 13.2 Å². The van der Waals surface area contributed by atoms with Crippen LogP contribution in [0.2, 0.25) is 0 Å². The monoisotopic (exact) mass is 457 g/mol. The lowest BCUT2D eigenvalue weighted by molar-refractivity contribution is -0.116. The van der Waals surface area contributed by atoms with E-state index in [0.717, 1.165) is 11.1 Å². The van der Waals surface area contributed by atoms with Crippen molar-refractivity contribution in [1.82, 2.24) is 14.5 Å². The van der Waals surface area contributed by atoms with Gasteiger partial charge >= 0.3 is 0 Å². The molecule has 0 spiro atoms. The topological polar surface area (TPSA) is 79.0 Å². The third-order valence-electron chi connectivity index (χ3n) is 5.47. The number of amides is 1. The molecule has 172 valence electrons. The predicted molar refractivity (Wildman–Crippen MR) is 126 cm³/mol. The minimum atomic E-state index is -3.52. The van der Waals surface area contributed by atoms with Gasteiger partial charge in [-0.05, 0) is 50.4 Å². The zero-order valence-corrected chi connectivity index (χ0v) is 19.6. The summed E-state index contributed by atoms with van der Waals surface area (Å²) in [6.45, 7) is 4.07. The van der Waals surface area contributed by atoms with E-state index in [4.69, 9.17) is 4.74 Å². The highest BCUT2D eigenvalue weighted by Gasteiger charge is 2.26. The molecule has 1 saturated heterocycles. The van der Waals surface area contributed by atoms with Crippen molar-refractivity contribution >= 4 is 22.0 Å². The van der Waals surface area contributed by atoms with E-state index in [2.05, 4.69) is 34.5 Å². The molecular weight excluding hydrogens is 426 g/mol. The second-order valence-corrected chi connectivity index (χ2v) is 9.99. The molecule has 1 fully saturated rings. The van der Waals surface area contributed by atoms with Gasteiger partial charge in [0.15, 0.2) is 0 Å². The zero-order valence-electron chi connectivity index (χ0n) is 18.8. The van der Waals surface area contributed by atoms with Crippen molar-refractivity contribution in [3.63, 3.8) is 0 Å². The van der Waals surface area contributed by atoms with Crippen molar-refractivity contribution in [2.75, 3.05) is 46.9 Å². The van der Waals surface area contributed by atoms with Crippen molar-refractivity contribution < 1.29 is 17.9 Å². The number of aryl methyl sites for hydroxylation is 1. The number of hydrogen-bond donors (Lipinski definition) is 1. The van der Waals surface area contributed by atoms with Gasteiger partial charge < -0.3 is 15.0 Å². The number of nitrogens with zero attached hydrogens (tertiary/aromatic N) is 2. The van der Waals surface area contributed by atoms with Crippen LogP contribution in [0.15, 0.2) is 59.5 Å². The molecule has 2 aromatic carbocycles. The first kappa shape index (κ1) is 24.1. The molecular formula is C24H31N3O4S. The van der Waals surface area contributed by atoms with E-state index >= 15 is 0 Å². The maximum Gasteiger partial charge on any atom is 0.244 e. The number of rotatable bonds is 8.